The fourth-order valence-corrected chi connectivity index (χ4v) is 3.45. The highest BCUT2D eigenvalue weighted by Crippen LogP contribution is 2.36. The van der Waals surface area contributed by atoms with E-state index in [1.165, 1.54) is 0 Å². The van der Waals surface area contributed by atoms with Crippen LogP contribution in [0.1, 0.15) is 6.42 Å². The van der Waals surface area contributed by atoms with Gasteiger partial charge in [0.25, 0.3) is 0 Å². The predicted octanol–water partition coefficient (Wildman–Crippen LogP) is 2.97. The number of thioether (sulfide) groups is 1. The van der Waals surface area contributed by atoms with Crippen LogP contribution in [0.2, 0.25) is 0 Å². The van der Waals surface area contributed by atoms with E-state index in [0.29, 0.717) is 16.6 Å². The lowest BCUT2D eigenvalue weighted by molar-refractivity contribution is -0.121. The molecule has 1 heterocycles. The van der Waals surface area contributed by atoms with Gasteiger partial charge in [-0.05, 0) is 24.3 Å². The van der Waals surface area contributed by atoms with Gasteiger partial charge in [-0.1, -0.05) is 12.1 Å². The first-order valence-electron chi connectivity index (χ1n) is 6.80. The van der Waals surface area contributed by atoms with Crippen LogP contribution in [0.5, 0.6) is 0 Å². The molecule has 2 aromatic carbocycles. The smallest absolute Gasteiger partial charge is 0.247 e. The molecule has 7 heteroatoms. The third-order valence-electron chi connectivity index (χ3n) is 3.44. The van der Waals surface area contributed by atoms with E-state index in [1.807, 2.05) is 0 Å². The highest BCUT2D eigenvalue weighted by atomic mass is 32.2. The Bertz CT molecular complexity index is 797. The summed E-state index contributed by atoms with van der Waals surface area (Å²) < 4.78 is 26.8. The molecule has 1 fully saturated rings. The zero-order valence-corrected chi connectivity index (χ0v) is 12.6. The Kier molecular flexibility index (Phi) is 4.04. The third-order valence-corrected chi connectivity index (χ3v) is 4.72. The minimum absolute atomic E-state index is 0.0609. The normalized spacial score (nSPS) is 17.8. The van der Waals surface area contributed by atoms with Gasteiger partial charge in [-0.15, -0.1) is 11.8 Å². The Balaban J connectivity index is 1.87. The molecule has 0 aliphatic carbocycles. The third kappa shape index (κ3) is 2.92. The largest absolute Gasteiger partial charge is 0.398 e. The van der Waals surface area contributed by atoms with E-state index in [1.54, 1.807) is 24.3 Å². The van der Waals surface area contributed by atoms with Crippen molar-refractivity contribution >= 4 is 35.0 Å². The van der Waals surface area contributed by atoms with Gasteiger partial charge < -0.3 is 5.73 Å². The molecule has 1 aliphatic heterocycles. The van der Waals surface area contributed by atoms with Gasteiger partial charge in [0.05, 0.1) is 10.9 Å². The van der Waals surface area contributed by atoms with Crippen molar-refractivity contribution in [2.75, 3.05) is 10.6 Å². The van der Waals surface area contributed by atoms with E-state index in [0.717, 1.165) is 28.8 Å². The van der Waals surface area contributed by atoms with Crippen molar-refractivity contribution in [1.29, 1.82) is 0 Å². The number of benzene rings is 2. The Morgan fingerprint density at radius 3 is 2.57 bits per heavy atom. The van der Waals surface area contributed by atoms with Gasteiger partial charge in [0.1, 0.15) is 11.6 Å². The van der Waals surface area contributed by atoms with Crippen LogP contribution >= 0.6 is 11.8 Å². The van der Waals surface area contributed by atoms with Crippen LogP contribution in [0.3, 0.4) is 0 Å². The maximum atomic E-state index is 13.9. The van der Waals surface area contributed by atoms with Crippen molar-refractivity contribution < 1.29 is 18.4 Å². The van der Waals surface area contributed by atoms with Crippen molar-refractivity contribution in [2.45, 2.75) is 16.6 Å². The minimum Gasteiger partial charge on any atom is -0.398 e. The van der Waals surface area contributed by atoms with Gasteiger partial charge in [0.2, 0.25) is 11.8 Å². The van der Waals surface area contributed by atoms with E-state index in [9.17, 15) is 18.4 Å². The topological polar surface area (TPSA) is 63.4 Å². The summed E-state index contributed by atoms with van der Waals surface area (Å²) in [5.41, 5.74) is 6.11. The predicted molar refractivity (Wildman–Crippen MR) is 84.0 cm³/mol. The highest BCUT2D eigenvalue weighted by molar-refractivity contribution is 8.00. The molecule has 1 aliphatic rings. The molecule has 2 N–H and O–H groups in total. The van der Waals surface area contributed by atoms with Crippen molar-refractivity contribution in [3.8, 4) is 0 Å². The van der Waals surface area contributed by atoms with Crippen LogP contribution in [0, 0.1) is 11.6 Å². The van der Waals surface area contributed by atoms with E-state index in [-0.39, 0.29) is 12.1 Å². The second kappa shape index (κ2) is 6.00. The van der Waals surface area contributed by atoms with Gasteiger partial charge in [-0.2, -0.15) is 0 Å². The standard InChI is InChI=1S/C16H12F2N2O2S/c17-9-5-6-12(10(18)7-9)20-15(21)8-14(16(20)22)23-13-4-2-1-3-11(13)19/h1-7,14H,8,19H2. The fraction of sp³-hybridized carbons (Fsp3) is 0.125. The summed E-state index contributed by atoms with van der Waals surface area (Å²) in [4.78, 5) is 26.0. The summed E-state index contributed by atoms with van der Waals surface area (Å²) in [6, 6.07) is 9.73. The molecule has 1 unspecified atom stereocenters. The molecule has 0 aromatic heterocycles. The monoisotopic (exact) mass is 334 g/mol. The van der Waals surface area contributed by atoms with Gasteiger partial charge in [-0.25, -0.2) is 13.7 Å². The molecule has 2 amide bonds. The number of nitrogens with two attached hydrogens (primary N) is 1. The molecule has 118 valence electrons. The summed E-state index contributed by atoms with van der Waals surface area (Å²) in [5.74, 6) is -2.77. The second-order valence-corrected chi connectivity index (χ2v) is 6.26. The Hall–Kier alpha value is -2.41. The number of halogens is 2. The SMILES string of the molecule is Nc1ccccc1SC1CC(=O)N(c2ccc(F)cc2F)C1=O. The molecule has 0 saturated carbocycles. The lowest BCUT2D eigenvalue weighted by Gasteiger charge is -2.16. The van der Waals surface area contributed by atoms with E-state index in [2.05, 4.69) is 0 Å². The lowest BCUT2D eigenvalue weighted by atomic mass is 10.2. The van der Waals surface area contributed by atoms with Crippen LogP contribution < -0.4 is 10.6 Å². The maximum Gasteiger partial charge on any atom is 0.247 e. The van der Waals surface area contributed by atoms with Crippen molar-refractivity contribution in [2.24, 2.45) is 0 Å². The molecular weight excluding hydrogens is 322 g/mol. The van der Waals surface area contributed by atoms with E-state index < -0.39 is 28.7 Å². The van der Waals surface area contributed by atoms with Crippen LogP contribution in [0.15, 0.2) is 47.4 Å². The zero-order chi connectivity index (χ0) is 16.6. The lowest BCUT2D eigenvalue weighted by Crippen LogP contribution is -2.31. The number of amides is 2. The summed E-state index contributed by atoms with van der Waals surface area (Å²) >= 11 is 1.16. The molecule has 0 spiro atoms. The van der Waals surface area contributed by atoms with Crippen LogP contribution in [-0.4, -0.2) is 17.1 Å². The molecule has 4 nitrogen and oxygen atoms in total. The highest BCUT2D eigenvalue weighted by Gasteiger charge is 2.41. The van der Waals surface area contributed by atoms with Crippen molar-refractivity contribution in [3.05, 3.63) is 54.1 Å². The van der Waals surface area contributed by atoms with Gasteiger partial charge in [0.15, 0.2) is 0 Å². The molecule has 0 radical (unpaired) electrons. The molecule has 1 saturated heterocycles. The number of anilines is 2. The molecular formula is C16H12F2N2O2S. The summed E-state index contributed by atoms with van der Waals surface area (Å²) in [7, 11) is 0. The summed E-state index contributed by atoms with van der Waals surface area (Å²) in [5, 5.41) is -0.684. The Morgan fingerprint density at radius 1 is 1.13 bits per heavy atom. The average Bonchev–Trinajstić information content (AvgIpc) is 2.77. The van der Waals surface area contributed by atoms with Crippen LogP contribution in [0.4, 0.5) is 20.2 Å². The first kappa shape index (κ1) is 15.5. The summed E-state index contributed by atoms with van der Waals surface area (Å²) in [6.07, 6.45) is -0.0609. The number of nitrogen functional groups attached to an aromatic ring is 1. The first-order valence-corrected chi connectivity index (χ1v) is 7.68. The number of carbonyl (C=O) groups is 2. The van der Waals surface area contributed by atoms with Crippen LogP contribution in [-0.2, 0) is 9.59 Å². The molecule has 1 atom stereocenters. The summed E-state index contributed by atoms with van der Waals surface area (Å²) in [6.45, 7) is 0. The van der Waals surface area contributed by atoms with Gasteiger partial charge in [-0.3, -0.25) is 9.59 Å². The van der Waals surface area contributed by atoms with E-state index >= 15 is 0 Å². The first-order chi connectivity index (χ1) is 11.0. The quantitative estimate of drug-likeness (QED) is 0.692. The Morgan fingerprint density at radius 2 is 1.87 bits per heavy atom. The molecule has 2 aromatic rings. The second-order valence-electron chi connectivity index (χ2n) is 5.01. The number of carbonyl (C=O) groups excluding carboxylic acids is 2. The van der Waals surface area contributed by atoms with Gasteiger partial charge >= 0.3 is 0 Å². The van der Waals surface area contributed by atoms with E-state index in [4.69, 9.17) is 5.73 Å². The fourth-order valence-electron chi connectivity index (χ4n) is 2.35. The van der Waals surface area contributed by atoms with Crippen molar-refractivity contribution in [1.82, 2.24) is 0 Å². The number of nitrogens with zero attached hydrogens (tertiary/aromatic N) is 1. The Labute approximate surface area is 135 Å². The van der Waals surface area contributed by atoms with Gasteiger partial charge in [0, 0.05) is 23.1 Å². The number of rotatable bonds is 3. The number of para-hydroxylation sites is 1. The molecule has 0 bridgehead atoms. The zero-order valence-electron chi connectivity index (χ0n) is 11.8. The maximum absolute atomic E-state index is 13.9. The molecule has 3 rings (SSSR count). The average molecular weight is 334 g/mol. The number of hydrogen-bond donors (Lipinski definition) is 1. The number of hydrogen-bond acceptors (Lipinski definition) is 4. The molecule has 23 heavy (non-hydrogen) atoms. The number of imide groups is 1. The van der Waals surface area contributed by atoms with Crippen molar-refractivity contribution in [3.63, 3.8) is 0 Å². The minimum atomic E-state index is -0.948. The van der Waals surface area contributed by atoms with Crippen LogP contribution in [0.25, 0.3) is 0 Å².